The molecule has 0 saturated carbocycles. The Morgan fingerprint density at radius 3 is 2.64 bits per heavy atom. The molecule has 0 bridgehead atoms. The molecule has 2 N–H and O–H groups in total. The number of nitrogens with two attached hydrogens (primary N) is 1. The fourth-order valence-electron chi connectivity index (χ4n) is 2.32. The van der Waals surface area contributed by atoms with Gasteiger partial charge in [0.15, 0.2) is 5.57 Å². The summed E-state index contributed by atoms with van der Waals surface area (Å²) in [5, 5.41) is 9.18. The molecule has 25 heavy (non-hydrogen) atoms. The van der Waals surface area contributed by atoms with E-state index in [1.54, 1.807) is 25.3 Å². The van der Waals surface area contributed by atoms with Gasteiger partial charge in [-0.1, -0.05) is 24.3 Å². The summed E-state index contributed by atoms with van der Waals surface area (Å²) < 4.78 is 2.08. The first-order chi connectivity index (χ1) is 12.0. The largest absolute Gasteiger partial charge is 0.365 e. The van der Waals surface area contributed by atoms with Gasteiger partial charge >= 0.3 is 0 Å². The van der Waals surface area contributed by atoms with Crippen molar-refractivity contribution >= 4 is 34.7 Å². The van der Waals surface area contributed by atoms with Crippen molar-refractivity contribution in [2.24, 2.45) is 5.73 Å². The highest BCUT2D eigenvalue weighted by Gasteiger charge is 2.13. The van der Waals surface area contributed by atoms with Crippen molar-refractivity contribution in [3.8, 4) is 6.07 Å². The van der Waals surface area contributed by atoms with Gasteiger partial charge in [0.25, 0.3) is 11.5 Å². The van der Waals surface area contributed by atoms with Crippen LogP contribution in [-0.2, 0) is 11.3 Å². The number of benzene rings is 1. The number of para-hydroxylation sites is 1. The van der Waals surface area contributed by atoms with Crippen LogP contribution in [0, 0.1) is 11.3 Å². The first-order valence-electron chi connectivity index (χ1n) is 7.61. The fraction of sp³-hybridized carbons (Fsp3) is 0.167. The quantitative estimate of drug-likeness (QED) is 0.766. The molecule has 0 unspecified atom stereocenters. The van der Waals surface area contributed by atoms with Crippen LogP contribution in [0.4, 0.5) is 5.69 Å². The molecule has 128 valence electrons. The minimum Gasteiger partial charge on any atom is -0.365 e. The Hall–Kier alpha value is -3.11. The van der Waals surface area contributed by atoms with Crippen LogP contribution in [0.15, 0.2) is 47.8 Å². The number of carbonyl (C=O) groups is 1. The minimum absolute atomic E-state index is 0.210. The van der Waals surface area contributed by atoms with Crippen molar-refractivity contribution in [2.45, 2.75) is 13.5 Å². The molecule has 6 nitrogen and oxygen atoms in total. The lowest BCUT2D eigenvalue weighted by molar-refractivity contribution is -0.112. The Kier molecular flexibility index (Phi) is 5.93. The zero-order valence-corrected chi connectivity index (χ0v) is 14.6. The van der Waals surface area contributed by atoms with Crippen molar-refractivity contribution in [3.05, 3.63) is 62.5 Å². The maximum absolute atomic E-state index is 12.6. The maximum Gasteiger partial charge on any atom is 0.270 e. The van der Waals surface area contributed by atoms with E-state index in [-0.39, 0.29) is 15.8 Å². The van der Waals surface area contributed by atoms with E-state index < -0.39 is 5.91 Å². The van der Waals surface area contributed by atoms with E-state index in [1.807, 2.05) is 35.2 Å². The van der Waals surface area contributed by atoms with Gasteiger partial charge in [0.05, 0.1) is 0 Å². The molecule has 0 radical (unpaired) electrons. The second-order valence-corrected chi connectivity index (χ2v) is 6.11. The van der Waals surface area contributed by atoms with Crippen LogP contribution in [0.5, 0.6) is 0 Å². The van der Waals surface area contributed by atoms with Crippen LogP contribution in [0.1, 0.15) is 6.92 Å². The summed E-state index contributed by atoms with van der Waals surface area (Å²) in [4.78, 5) is 26.0. The monoisotopic (exact) mass is 354 g/mol. The Morgan fingerprint density at radius 2 is 2.12 bits per heavy atom. The van der Waals surface area contributed by atoms with E-state index in [9.17, 15) is 14.9 Å². The van der Waals surface area contributed by atoms with Crippen LogP contribution >= 0.6 is 11.3 Å². The van der Waals surface area contributed by atoms with Gasteiger partial charge in [-0.15, -0.1) is 17.9 Å². The van der Waals surface area contributed by atoms with Gasteiger partial charge < -0.3 is 10.6 Å². The van der Waals surface area contributed by atoms with Crippen molar-refractivity contribution in [3.63, 3.8) is 0 Å². The van der Waals surface area contributed by atoms with Crippen LogP contribution < -0.4 is 25.4 Å². The van der Waals surface area contributed by atoms with Crippen LogP contribution in [0.25, 0.3) is 11.8 Å². The number of hydrogen-bond acceptors (Lipinski definition) is 5. The number of thiazole rings is 1. The molecule has 0 saturated heterocycles. The molecule has 2 rings (SSSR count). The van der Waals surface area contributed by atoms with Gasteiger partial charge in [0, 0.05) is 25.0 Å². The van der Waals surface area contributed by atoms with E-state index in [0.717, 1.165) is 17.0 Å². The predicted octanol–water partition coefficient (Wildman–Crippen LogP) is 0.520. The molecule has 1 amide bonds. The molecule has 0 aliphatic heterocycles. The number of anilines is 1. The zero-order valence-electron chi connectivity index (χ0n) is 13.8. The van der Waals surface area contributed by atoms with Gasteiger partial charge in [-0.05, 0) is 19.1 Å². The van der Waals surface area contributed by atoms with Gasteiger partial charge in [-0.3, -0.25) is 14.2 Å². The molecule has 0 atom stereocenters. The summed E-state index contributed by atoms with van der Waals surface area (Å²) in [6, 6.07) is 11.3. The lowest BCUT2D eigenvalue weighted by Gasteiger charge is -2.17. The fourth-order valence-corrected chi connectivity index (χ4v) is 3.48. The highest BCUT2D eigenvalue weighted by atomic mass is 32.1. The standard InChI is InChI=1S/C18H18N4O2S/c1-3-10-21(13-8-6-5-7-9-13)12-15-17(24)22(4-2)18(25-15)14(11-19)16(20)23/h3,5-9,12H,1,4,10H2,2H3,(H2,20,23)/b15-12-,18-14-. The summed E-state index contributed by atoms with van der Waals surface area (Å²) in [5.74, 6) is -0.844. The van der Waals surface area contributed by atoms with Gasteiger partial charge in [-0.2, -0.15) is 5.26 Å². The van der Waals surface area contributed by atoms with Gasteiger partial charge in [-0.25, -0.2) is 0 Å². The molecule has 1 heterocycles. The van der Waals surface area contributed by atoms with E-state index in [4.69, 9.17) is 5.73 Å². The molecular formula is C18H18N4O2S. The van der Waals surface area contributed by atoms with E-state index in [1.165, 1.54) is 4.57 Å². The smallest absolute Gasteiger partial charge is 0.270 e. The Morgan fingerprint density at radius 1 is 1.44 bits per heavy atom. The summed E-state index contributed by atoms with van der Waals surface area (Å²) in [5.41, 5.74) is 5.69. The second kappa shape index (κ2) is 8.13. The SMILES string of the molecule is C=CCN(/C=c1\s/c(=C(/C#N)C(N)=O)n(CC)c1=O)c1ccccc1. The highest BCUT2D eigenvalue weighted by Crippen LogP contribution is 2.13. The van der Waals surface area contributed by atoms with Crippen LogP contribution in [0.3, 0.4) is 0 Å². The van der Waals surface area contributed by atoms with E-state index in [0.29, 0.717) is 17.6 Å². The lowest BCUT2D eigenvalue weighted by Crippen LogP contribution is -2.34. The summed E-state index contributed by atoms with van der Waals surface area (Å²) >= 11 is 1.08. The molecule has 0 fully saturated rings. The number of amides is 1. The summed E-state index contributed by atoms with van der Waals surface area (Å²) in [6.45, 7) is 6.36. The molecule has 0 aliphatic carbocycles. The molecular weight excluding hydrogens is 336 g/mol. The topological polar surface area (TPSA) is 92.1 Å². The highest BCUT2D eigenvalue weighted by molar-refractivity contribution is 7.07. The van der Waals surface area contributed by atoms with Crippen molar-refractivity contribution < 1.29 is 4.79 Å². The summed E-state index contributed by atoms with van der Waals surface area (Å²) in [7, 11) is 0. The molecule has 0 spiro atoms. The zero-order chi connectivity index (χ0) is 18.4. The first kappa shape index (κ1) is 18.2. The maximum atomic E-state index is 12.6. The Bertz CT molecular complexity index is 996. The Labute approximate surface area is 149 Å². The van der Waals surface area contributed by atoms with Gasteiger partial charge in [0.1, 0.15) is 15.3 Å². The molecule has 0 aliphatic rings. The van der Waals surface area contributed by atoms with Crippen molar-refractivity contribution in [1.29, 1.82) is 5.26 Å². The molecule has 2 aromatic rings. The van der Waals surface area contributed by atoms with Gasteiger partial charge in [0.2, 0.25) is 0 Å². The second-order valence-electron chi connectivity index (χ2n) is 5.08. The third-order valence-corrected chi connectivity index (χ3v) is 4.60. The normalized spacial score (nSPS) is 12.4. The number of carbonyl (C=O) groups excluding carboxylic acids is 1. The average Bonchev–Trinajstić information content (AvgIpc) is 2.91. The predicted molar refractivity (Wildman–Crippen MR) is 100 cm³/mol. The first-order valence-corrected chi connectivity index (χ1v) is 8.43. The third-order valence-electron chi connectivity index (χ3n) is 3.48. The Balaban J connectivity index is 2.75. The van der Waals surface area contributed by atoms with Crippen molar-refractivity contribution in [1.82, 2.24) is 4.57 Å². The van der Waals surface area contributed by atoms with E-state index in [2.05, 4.69) is 6.58 Å². The van der Waals surface area contributed by atoms with Crippen LogP contribution in [0.2, 0.25) is 0 Å². The van der Waals surface area contributed by atoms with E-state index >= 15 is 0 Å². The average molecular weight is 354 g/mol. The number of nitriles is 1. The number of nitrogens with zero attached hydrogens (tertiary/aromatic N) is 3. The molecule has 7 heteroatoms. The lowest BCUT2D eigenvalue weighted by atomic mass is 10.3. The third kappa shape index (κ3) is 3.87. The van der Waals surface area contributed by atoms with Crippen molar-refractivity contribution in [2.75, 3.05) is 11.4 Å². The molecule has 1 aromatic carbocycles. The summed E-state index contributed by atoms with van der Waals surface area (Å²) in [6.07, 6.45) is 3.43. The number of hydrogen-bond donors (Lipinski definition) is 1. The number of rotatable bonds is 6. The number of primary amides is 1. The van der Waals surface area contributed by atoms with Crippen LogP contribution in [-0.4, -0.2) is 17.0 Å². The molecule has 1 aromatic heterocycles. The number of aromatic nitrogens is 1. The minimum atomic E-state index is -0.844.